The van der Waals surface area contributed by atoms with Gasteiger partial charge >= 0.3 is 0 Å². The molecule has 108 valence electrons. The van der Waals surface area contributed by atoms with E-state index in [0.29, 0.717) is 10.7 Å². The summed E-state index contributed by atoms with van der Waals surface area (Å²) in [6.45, 7) is 0. The van der Waals surface area contributed by atoms with Crippen LogP contribution >= 0.6 is 11.3 Å². The minimum atomic E-state index is -0.147. The van der Waals surface area contributed by atoms with Crippen LogP contribution in [0.2, 0.25) is 0 Å². The molecule has 21 heavy (non-hydrogen) atoms. The van der Waals surface area contributed by atoms with Crippen molar-refractivity contribution < 1.29 is 9.59 Å². The smallest absolute Gasteiger partial charge is 0.226 e. The average molecular weight is 300 g/mol. The third kappa shape index (κ3) is 3.36. The summed E-state index contributed by atoms with van der Waals surface area (Å²) >= 11 is 1.55. The van der Waals surface area contributed by atoms with Gasteiger partial charge in [-0.2, -0.15) is 0 Å². The zero-order valence-corrected chi connectivity index (χ0v) is 12.4. The van der Waals surface area contributed by atoms with Crippen molar-refractivity contribution in [3.63, 3.8) is 0 Å². The van der Waals surface area contributed by atoms with Crippen LogP contribution in [0.4, 0.5) is 5.13 Å². The van der Waals surface area contributed by atoms with Gasteiger partial charge in [0, 0.05) is 23.3 Å². The van der Waals surface area contributed by atoms with Crippen LogP contribution in [0.1, 0.15) is 40.2 Å². The summed E-state index contributed by atoms with van der Waals surface area (Å²) in [4.78, 5) is 29.5. The first kappa shape index (κ1) is 13.9. The molecular weight excluding hydrogens is 284 g/mol. The first-order chi connectivity index (χ1) is 10.2. The van der Waals surface area contributed by atoms with Crippen LogP contribution in [0.3, 0.4) is 0 Å². The van der Waals surface area contributed by atoms with Crippen molar-refractivity contribution in [3.05, 3.63) is 46.5 Å². The molecule has 1 aliphatic carbocycles. The number of hydrogen-bond donors (Lipinski definition) is 1. The van der Waals surface area contributed by atoms with E-state index < -0.39 is 0 Å². The maximum absolute atomic E-state index is 11.9. The Bertz CT molecular complexity index is 643. The highest BCUT2D eigenvalue weighted by Gasteiger charge is 2.18. The zero-order chi connectivity index (χ0) is 14.7. The van der Waals surface area contributed by atoms with Gasteiger partial charge in [-0.3, -0.25) is 9.59 Å². The lowest BCUT2D eigenvalue weighted by molar-refractivity contribution is -0.116. The van der Waals surface area contributed by atoms with Gasteiger partial charge in [-0.25, -0.2) is 4.98 Å². The molecule has 0 bridgehead atoms. The minimum Gasteiger partial charge on any atom is -0.302 e. The van der Waals surface area contributed by atoms with Crippen molar-refractivity contribution in [2.45, 2.75) is 32.1 Å². The molecule has 0 atom stereocenters. The average Bonchev–Trinajstić information content (AvgIpc) is 3.07. The third-order valence-corrected chi connectivity index (χ3v) is 4.59. The maximum atomic E-state index is 11.9. The summed E-state index contributed by atoms with van der Waals surface area (Å²) in [5.74, 6) is -0.154. The summed E-state index contributed by atoms with van der Waals surface area (Å²) in [6, 6.07) is 9.05. The van der Waals surface area contributed by atoms with E-state index in [-0.39, 0.29) is 24.5 Å². The van der Waals surface area contributed by atoms with E-state index in [2.05, 4.69) is 10.3 Å². The molecular formula is C16H16N2O2S. The van der Waals surface area contributed by atoms with Gasteiger partial charge in [0.25, 0.3) is 0 Å². The number of Topliss-reactive ketones (excluding diaryl/α,β-unsaturated/α-hetero) is 1. The van der Waals surface area contributed by atoms with E-state index in [1.165, 1.54) is 4.88 Å². The molecule has 0 radical (unpaired) electrons. The first-order valence-corrected chi connectivity index (χ1v) is 7.91. The van der Waals surface area contributed by atoms with Gasteiger partial charge in [0.2, 0.25) is 5.91 Å². The molecule has 0 fully saturated rings. The highest BCUT2D eigenvalue weighted by Crippen LogP contribution is 2.30. The number of benzene rings is 1. The Morgan fingerprint density at radius 1 is 1.14 bits per heavy atom. The summed E-state index contributed by atoms with van der Waals surface area (Å²) < 4.78 is 0. The van der Waals surface area contributed by atoms with Crippen LogP contribution in [0, 0.1) is 0 Å². The Kier molecular flexibility index (Phi) is 4.10. The van der Waals surface area contributed by atoms with Crippen molar-refractivity contribution in [3.8, 4) is 0 Å². The van der Waals surface area contributed by atoms with Crippen molar-refractivity contribution in [2.75, 3.05) is 5.32 Å². The Hall–Kier alpha value is -2.01. The van der Waals surface area contributed by atoms with Crippen molar-refractivity contribution in [2.24, 2.45) is 0 Å². The molecule has 2 aromatic rings. The number of hydrogen-bond acceptors (Lipinski definition) is 4. The fourth-order valence-corrected chi connectivity index (χ4v) is 3.49. The summed E-state index contributed by atoms with van der Waals surface area (Å²) in [6.07, 6.45) is 3.65. The largest absolute Gasteiger partial charge is 0.302 e. The molecule has 0 saturated carbocycles. The van der Waals surface area contributed by atoms with Crippen LogP contribution in [0.5, 0.6) is 0 Å². The molecule has 1 amide bonds. The molecule has 0 unspecified atom stereocenters. The van der Waals surface area contributed by atoms with Gasteiger partial charge < -0.3 is 5.32 Å². The molecule has 0 aliphatic heterocycles. The van der Waals surface area contributed by atoms with Crippen LogP contribution in [-0.2, 0) is 17.6 Å². The van der Waals surface area contributed by atoms with E-state index in [9.17, 15) is 9.59 Å². The van der Waals surface area contributed by atoms with E-state index in [1.807, 2.05) is 18.2 Å². The molecule has 3 rings (SSSR count). The number of thiazole rings is 1. The van der Waals surface area contributed by atoms with Crippen molar-refractivity contribution in [1.29, 1.82) is 0 Å². The number of carbonyl (C=O) groups excluding carboxylic acids is 2. The lowest BCUT2D eigenvalue weighted by Crippen LogP contribution is -2.13. The van der Waals surface area contributed by atoms with E-state index in [4.69, 9.17) is 0 Å². The monoisotopic (exact) mass is 300 g/mol. The number of rotatable bonds is 5. The number of amides is 1. The fourth-order valence-electron chi connectivity index (χ4n) is 2.42. The van der Waals surface area contributed by atoms with E-state index >= 15 is 0 Å². The second-order valence-corrected chi connectivity index (χ2v) is 6.16. The third-order valence-electron chi connectivity index (χ3n) is 3.52. The normalized spacial score (nSPS) is 13.0. The number of nitrogens with one attached hydrogen (secondary N) is 1. The number of carbonyl (C=O) groups is 2. The standard InChI is InChI=1S/C16H16N2O2S/c19-13(11-5-2-1-3-6-11)9-10-15(20)18-16-17-12-7-4-8-14(12)21-16/h1-3,5-6H,4,7-10H2,(H,17,18,20). The van der Waals surface area contributed by atoms with Gasteiger partial charge in [0.05, 0.1) is 5.69 Å². The van der Waals surface area contributed by atoms with Crippen LogP contribution in [0.25, 0.3) is 0 Å². The van der Waals surface area contributed by atoms with Crippen molar-refractivity contribution >= 4 is 28.2 Å². The quantitative estimate of drug-likeness (QED) is 0.862. The molecule has 5 heteroatoms. The molecule has 1 aromatic carbocycles. The summed E-state index contributed by atoms with van der Waals surface area (Å²) in [5.41, 5.74) is 1.77. The Balaban J connectivity index is 1.51. The number of ketones is 1. The minimum absolute atomic E-state index is 0.00705. The summed E-state index contributed by atoms with van der Waals surface area (Å²) in [5, 5.41) is 3.46. The van der Waals surface area contributed by atoms with Gasteiger partial charge in [0.15, 0.2) is 10.9 Å². The zero-order valence-electron chi connectivity index (χ0n) is 11.6. The summed E-state index contributed by atoms with van der Waals surface area (Å²) in [7, 11) is 0. The van der Waals surface area contributed by atoms with Crippen LogP contribution in [-0.4, -0.2) is 16.7 Å². The van der Waals surface area contributed by atoms with E-state index in [1.54, 1.807) is 23.5 Å². The van der Waals surface area contributed by atoms with Crippen LogP contribution < -0.4 is 5.32 Å². The molecule has 1 N–H and O–H groups in total. The lowest BCUT2D eigenvalue weighted by atomic mass is 10.1. The maximum Gasteiger partial charge on any atom is 0.226 e. The van der Waals surface area contributed by atoms with Crippen LogP contribution in [0.15, 0.2) is 30.3 Å². The number of aryl methyl sites for hydroxylation is 2. The number of aromatic nitrogens is 1. The lowest BCUT2D eigenvalue weighted by Gasteiger charge is -2.02. The molecule has 1 aromatic heterocycles. The SMILES string of the molecule is O=C(CCC(=O)c1ccccc1)Nc1nc2c(s1)CCC2. The molecule has 4 nitrogen and oxygen atoms in total. The van der Waals surface area contributed by atoms with E-state index in [0.717, 1.165) is 25.0 Å². The Morgan fingerprint density at radius 2 is 1.95 bits per heavy atom. The van der Waals surface area contributed by atoms with Crippen molar-refractivity contribution in [1.82, 2.24) is 4.98 Å². The Morgan fingerprint density at radius 3 is 2.71 bits per heavy atom. The molecule has 0 spiro atoms. The van der Waals surface area contributed by atoms with Gasteiger partial charge in [-0.1, -0.05) is 30.3 Å². The van der Waals surface area contributed by atoms with Gasteiger partial charge in [-0.05, 0) is 19.3 Å². The number of fused-ring (bicyclic) bond motifs is 1. The second-order valence-electron chi connectivity index (χ2n) is 5.08. The predicted octanol–water partition coefficient (Wildman–Crippen LogP) is 3.23. The highest BCUT2D eigenvalue weighted by atomic mass is 32.1. The van der Waals surface area contributed by atoms with Gasteiger partial charge in [0.1, 0.15) is 0 Å². The van der Waals surface area contributed by atoms with Gasteiger partial charge in [-0.15, -0.1) is 11.3 Å². The first-order valence-electron chi connectivity index (χ1n) is 7.09. The Labute approximate surface area is 127 Å². The fraction of sp³-hybridized carbons (Fsp3) is 0.312. The molecule has 1 heterocycles. The topological polar surface area (TPSA) is 59.1 Å². The highest BCUT2D eigenvalue weighted by molar-refractivity contribution is 7.15. The number of nitrogens with zero attached hydrogens (tertiary/aromatic N) is 1. The second kappa shape index (κ2) is 6.18. The molecule has 0 saturated heterocycles. The molecule has 1 aliphatic rings. The number of anilines is 1. The predicted molar refractivity (Wildman–Crippen MR) is 82.8 cm³/mol.